The number of hydrogen-bond donors (Lipinski definition) is 0. The van der Waals surface area contributed by atoms with Crippen LogP contribution in [0.25, 0.3) is 16.7 Å². The molecule has 0 unspecified atom stereocenters. The monoisotopic (exact) mass is 410 g/mol. The summed E-state index contributed by atoms with van der Waals surface area (Å²) in [5, 5.41) is 5.56. The Morgan fingerprint density at radius 2 is 1.73 bits per heavy atom. The van der Waals surface area contributed by atoms with Crippen molar-refractivity contribution in [2.75, 3.05) is 31.1 Å². The largest absolute Gasteiger partial charge is 0.352 e. The summed E-state index contributed by atoms with van der Waals surface area (Å²) in [6.45, 7) is 10.7. The number of halogens is 1. The minimum absolute atomic E-state index is 0.217. The molecule has 1 amide bonds. The Morgan fingerprint density at radius 3 is 2.37 bits per heavy atom. The van der Waals surface area contributed by atoms with Crippen molar-refractivity contribution < 1.29 is 9.18 Å². The first-order valence-electron chi connectivity index (χ1n) is 10.4. The molecular formula is C22H27FN6O. The van der Waals surface area contributed by atoms with Crippen LogP contribution in [0.15, 0.2) is 24.3 Å². The molecule has 0 spiro atoms. The molecule has 2 aromatic heterocycles. The molecule has 1 aromatic carbocycles. The number of nitrogens with zero attached hydrogens (tertiary/aromatic N) is 6. The molecule has 1 fully saturated rings. The van der Waals surface area contributed by atoms with Crippen molar-refractivity contribution in [3.05, 3.63) is 41.6 Å². The van der Waals surface area contributed by atoms with Gasteiger partial charge in [0, 0.05) is 32.6 Å². The van der Waals surface area contributed by atoms with Crippen molar-refractivity contribution in [2.24, 2.45) is 5.92 Å². The molecule has 0 aliphatic carbocycles. The van der Waals surface area contributed by atoms with Crippen LogP contribution in [0.4, 0.5) is 10.2 Å². The standard InChI is InChI=1S/C22H27FN6O/c1-14(2)13-19(30)27-9-11-28(12-10-27)21-20-15(3)26-29(22(20)25-16(4)24-21)18-7-5-17(23)6-8-18/h5-8,14H,9-13H2,1-4H3. The summed E-state index contributed by atoms with van der Waals surface area (Å²) < 4.78 is 15.1. The van der Waals surface area contributed by atoms with Crippen LogP contribution in [0.3, 0.4) is 0 Å². The normalized spacial score (nSPS) is 14.7. The predicted molar refractivity (Wildman–Crippen MR) is 114 cm³/mol. The maximum Gasteiger partial charge on any atom is 0.222 e. The van der Waals surface area contributed by atoms with E-state index in [0.29, 0.717) is 36.9 Å². The number of benzene rings is 1. The Labute approximate surface area is 175 Å². The van der Waals surface area contributed by atoms with E-state index in [2.05, 4.69) is 28.8 Å². The minimum Gasteiger partial charge on any atom is -0.352 e. The van der Waals surface area contributed by atoms with Crippen LogP contribution in [0.1, 0.15) is 31.8 Å². The molecule has 1 aliphatic heterocycles. The SMILES string of the molecule is Cc1nc(N2CCN(C(=O)CC(C)C)CC2)c2c(C)nn(-c3ccc(F)cc3)c2n1. The van der Waals surface area contributed by atoms with Gasteiger partial charge in [0.1, 0.15) is 17.5 Å². The molecule has 1 aliphatic rings. The van der Waals surface area contributed by atoms with Gasteiger partial charge in [0.2, 0.25) is 5.91 Å². The lowest BCUT2D eigenvalue weighted by atomic mass is 10.1. The van der Waals surface area contributed by atoms with Gasteiger partial charge in [-0.15, -0.1) is 0 Å². The van der Waals surface area contributed by atoms with E-state index >= 15 is 0 Å². The molecule has 7 nitrogen and oxygen atoms in total. The van der Waals surface area contributed by atoms with Gasteiger partial charge >= 0.3 is 0 Å². The fourth-order valence-corrected chi connectivity index (χ4v) is 3.90. The molecule has 0 atom stereocenters. The lowest BCUT2D eigenvalue weighted by Crippen LogP contribution is -2.49. The number of carbonyl (C=O) groups is 1. The van der Waals surface area contributed by atoms with Crippen LogP contribution in [0.5, 0.6) is 0 Å². The molecule has 0 radical (unpaired) electrons. The van der Waals surface area contributed by atoms with E-state index in [1.165, 1.54) is 12.1 Å². The molecule has 3 heterocycles. The van der Waals surface area contributed by atoms with Crippen LogP contribution >= 0.6 is 0 Å². The third-order valence-electron chi connectivity index (χ3n) is 5.38. The maximum absolute atomic E-state index is 13.4. The topological polar surface area (TPSA) is 67.2 Å². The van der Waals surface area contributed by atoms with Gasteiger partial charge in [-0.05, 0) is 44.0 Å². The fraction of sp³-hybridized carbons (Fsp3) is 0.455. The van der Waals surface area contributed by atoms with E-state index < -0.39 is 0 Å². The second-order valence-corrected chi connectivity index (χ2v) is 8.23. The summed E-state index contributed by atoms with van der Waals surface area (Å²) in [6.07, 6.45) is 0.584. The molecule has 8 heteroatoms. The van der Waals surface area contributed by atoms with Gasteiger partial charge in [0.25, 0.3) is 0 Å². The minimum atomic E-state index is -0.289. The summed E-state index contributed by atoms with van der Waals surface area (Å²) in [6, 6.07) is 6.22. The highest BCUT2D eigenvalue weighted by Gasteiger charge is 2.26. The molecule has 1 saturated heterocycles. The Hall–Kier alpha value is -3.03. The van der Waals surface area contributed by atoms with E-state index in [-0.39, 0.29) is 11.7 Å². The van der Waals surface area contributed by atoms with Crippen LogP contribution in [0, 0.1) is 25.6 Å². The molecule has 30 heavy (non-hydrogen) atoms. The molecule has 3 aromatic rings. The third kappa shape index (κ3) is 3.86. The van der Waals surface area contributed by atoms with Crippen molar-refractivity contribution >= 4 is 22.8 Å². The van der Waals surface area contributed by atoms with Gasteiger partial charge in [-0.2, -0.15) is 5.10 Å². The third-order valence-corrected chi connectivity index (χ3v) is 5.38. The molecule has 158 valence electrons. The van der Waals surface area contributed by atoms with Gasteiger partial charge in [-0.25, -0.2) is 19.0 Å². The van der Waals surface area contributed by atoms with E-state index in [0.717, 1.165) is 35.7 Å². The van der Waals surface area contributed by atoms with Gasteiger partial charge in [0.05, 0.1) is 16.8 Å². The first-order valence-corrected chi connectivity index (χ1v) is 10.4. The molecule has 4 rings (SSSR count). The number of anilines is 1. The molecular weight excluding hydrogens is 383 g/mol. The summed E-state index contributed by atoms with van der Waals surface area (Å²) in [5.74, 6) is 1.79. The number of fused-ring (bicyclic) bond motifs is 1. The number of aryl methyl sites for hydroxylation is 2. The van der Waals surface area contributed by atoms with Gasteiger partial charge < -0.3 is 9.80 Å². The van der Waals surface area contributed by atoms with Crippen molar-refractivity contribution in [3.63, 3.8) is 0 Å². The first kappa shape index (κ1) is 20.3. The van der Waals surface area contributed by atoms with Crippen LogP contribution < -0.4 is 4.90 Å². The van der Waals surface area contributed by atoms with Crippen LogP contribution in [-0.2, 0) is 4.79 Å². The van der Waals surface area contributed by atoms with Crippen LogP contribution in [-0.4, -0.2) is 56.7 Å². The molecule has 0 bridgehead atoms. The Kier molecular flexibility index (Phi) is 5.40. The molecule has 0 N–H and O–H groups in total. The quantitative estimate of drug-likeness (QED) is 0.660. The summed E-state index contributed by atoms with van der Waals surface area (Å²) in [5.41, 5.74) is 2.28. The number of hydrogen-bond acceptors (Lipinski definition) is 5. The fourth-order valence-electron chi connectivity index (χ4n) is 3.90. The van der Waals surface area contributed by atoms with Crippen molar-refractivity contribution in [1.29, 1.82) is 0 Å². The molecule has 0 saturated carbocycles. The zero-order valence-corrected chi connectivity index (χ0v) is 17.9. The Bertz CT molecular complexity index is 1070. The van der Waals surface area contributed by atoms with E-state index in [9.17, 15) is 9.18 Å². The second kappa shape index (κ2) is 8.01. The van der Waals surface area contributed by atoms with Gasteiger partial charge in [-0.1, -0.05) is 13.8 Å². The van der Waals surface area contributed by atoms with E-state index in [1.54, 1.807) is 16.8 Å². The highest BCUT2D eigenvalue weighted by Crippen LogP contribution is 2.29. The van der Waals surface area contributed by atoms with Gasteiger partial charge in [0.15, 0.2) is 5.65 Å². The highest BCUT2D eigenvalue weighted by atomic mass is 19.1. The lowest BCUT2D eigenvalue weighted by Gasteiger charge is -2.36. The number of aromatic nitrogens is 4. The number of rotatable bonds is 4. The summed E-state index contributed by atoms with van der Waals surface area (Å²) in [4.78, 5) is 25.9. The average Bonchev–Trinajstić information content (AvgIpc) is 3.04. The lowest BCUT2D eigenvalue weighted by molar-refractivity contribution is -0.132. The Balaban J connectivity index is 1.66. The zero-order valence-electron chi connectivity index (χ0n) is 17.9. The van der Waals surface area contributed by atoms with E-state index in [4.69, 9.17) is 4.98 Å². The number of amides is 1. The smallest absolute Gasteiger partial charge is 0.222 e. The zero-order chi connectivity index (χ0) is 21.4. The first-order chi connectivity index (χ1) is 14.3. The summed E-state index contributed by atoms with van der Waals surface area (Å²) >= 11 is 0. The maximum atomic E-state index is 13.4. The van der Waals surface area contributed by atoms with Crippen LogP contribution in [0.2, 0.25) is 0 Å². The highest BCUT2D eigenvalue weighted by molar-refractivity contribution is 5.91. The van der Waals surface area contributed by atoms with E-state index in [1.807, 2.05) is 18.7 Å². The average molecular weight is 410 g/mol. The van der Waals surface area contributed by atoms with Crippen molar-refractivity contribution in [2.45, 2.75) is 34.1 Å². The van der Waals surface area contributed by atoms with Crippen molar-refractivity contribution in [1.82, 2.24) is 24.6 Å². The summed E-state index contributed by atoms with van der Waals surface area (Å²) in [7, 11) is 0. The van der Waals surface area contributed by atoms with Crippen molar-refractivity contribution in [3.8, 4) is 5.69 Å². The van der Waals surface area contributed by atoms with Gasteiger partial charge in [-0.3, -0.25) is 4.79 Å². The Morgan fingerprint density at radius 1 is 1.07 bits per heavy atom. The second-order valence-electron chi connectivity index (χ2n) is 8.23. The predicted octanol–water partition coefficient (Wildman–Crippen LogP) is 3.27. The number of carbonyl (C=O) groups excluding carboxylic acids is 1. The number of piperazine rings is 1.